The molecule has 0 saturated heterocycles. The zero-order valence-electron chi connectivity index (χ0n) is 5.05. The molecule has 0 aliphatic rings. The van der Waals surface area contributed by atoms with E-state index >= 15 is 0 Å². The van der Waals surface area contributed by atoms with E-state index in [-0.39, 0.29) is 5.78 Å². The average molecular weight is 110 g/mol. The molecule has 1 nitrogen and oxygen atoms in total. The second-order valence-electron chi connectivity index (χ2n) is 1.46. The fourth-order valence-corrected chi connectivity index (χ4v) is 0.396. The molecule has 0 fully saturated rings. The van der Waals surface area contributed by atoms with Crippen molar-refractivity contribution in [2.75, 3.05) is 0 Å². The van der Waals surface area contributed by atoms with Gasteiger partial charge in [-0.15, -0.1) is 6.58 Å². The van der Waals surface area contributed by atoms with Crippen LogP contribution in [0.1, 0.15) is 13.3 Å². The lowest BCUT2D eigenvalue weighted by atomic mass is 10.3. The summed E-state index contributed by atoms with van der Waals surface area (Å²) >= 11 is 0. The van der Waals surface area contributed by atoms with Crippen molar-refractivity contribution in [2.45, 2.75) is 13.3 Å². The molecule has 0 spiro atoms. The van der Waals surface area contributed by atoms with Crippen molar-refractivity contribution in [1.29, 1.82) is 0 Å². The summed E-state index contributed by atoms with van der Waals surface area (Å²) in [5.74, 6) is 0.113. The van der Waals surface area contributed by atoms with Crippen LogP contribution in [-0.2, 0) is 4.79 Å². The fourth-order valence-electron chi connectivity index (χ4n) is 0.396. The van der Waals surface area contributed by atoms with Crippen LogP contribution in [0.4, 0.5) is 0 Å². The van der Waals surface area contributed by atoms with Gasteiger partial charge in [-0.2, -0.15) is 0 Å². The van der Waals surface area contributed by atoms with Crippen molar-refractivity contribution in [1.82, 2.24) is 0 Å². The van der Waals surface area contributed by atoms with Crippen molar-refractivity contribution in [3.63, 3.8) is 0 Å². The van der Waals surface area contributed by atoms with E-state index in [1.807, 2.05) is 6.92 Å². The van der Waals surface area contributed by atoms with Crippen LogP contribution in [0.2, 0.25) is 0 Å². The minimum atomic E-state index is 0.113. The Hall–Kier alpha value is -0.850. The van der Waals surface area contributed by atoms with E-state index in [1.165, 1.54) is 0 Å². The van der Waals surface area contributed by atoms with Crippen molar-refractivity contribution >= 4 is 5.78 Å². The summed E-state index contributed by atoms with van der Waals surface area (Å²) in [4.78, 5) is 10.5. The first-order valence-electron chi connectivity index (χ1n) is 2.57. The highest BCUT2D eigenvalue weighted by molar-refractivity contribution is 5.90. The molecule has 0 saturated carbocycles. The lowest BCUT2D eigenvalue weighted by molar-refractivity contribution is -0.113. The summed E-state index contributed by atoms with van der Waals surface area (Å²) in [6.45, 7) is 5.25. The lowest BCUT2D eigenvalue weighted by Gasteiger charge is -1.80. The van der Waals surface area contributed by atoms with Gasteiger partial charge in [-0.3, -0.25) is 4.79 Å². The maximum Gasteiger partial charge on any atom is 0.159 e. The summed E-state index contributed by atoms with van der Waals surface area (Å²) in [6, 6.07) is 0. The third-order valence-electron chi connectivity index (χ3n) is 0.698. The van der Waals surface area contributed by atoms with Gasteiger partial charge in [0.15, 0.2) is 5.78 Å². The third kappa shape index (κ3) is 3.34. The predicted molar refractivity (Wildman–Crippen MR) is 34.6 cm³/mol. The number of carbonyl (C=O) groups excluding carboxylic acids is 1. The Labute approximate surface area is 49.7 Å². The van der Waals surface area contributed by atoms with E-state index in [0.717, 1.165) is 0 Å². The van der Waals surface area contributed by atoms with E-state index in [2.05, 4.69) is 6.58 Å². The van der Waals surface area contributed by atoms with Crippen LogP contribution in [0.15, 0.2) is 24.8 Å². The van der Waals surface area contributed by atoms with Gasteiger partial charge in [0.1, 0.15) is 0 Å². The van der Waals surface area contributed by atoms with E-state index in [4.69, 9.17) is 0 Å². The summed E-state index contributed by atoms with van der Waals surface area (Å²) < 4.78 is 0. The van der Waals surface area contributed by atoms with Crippen molar-refractivity contribution in [3.8, 4) is 0 Å². The summed E-state index contributed by atoms with van der Waals surface area (Å²) in [7, 11) is 0. The second-order valence-corrected chi connectivity index (χ2v) is 1.46. The molecule has 0 bridgehead atoms. The van der Waals surface area contributed by atoms with E-state index in [1.54, 1.807) is 18.2 Å². The van der Waals surface area contributed by atoms with Gasteiger partial charge in [-0.05, 0) is 13.0 Å². The molecule has 0 rings (SSSR count). The number of hydrogen-bond acceptors (Lipinski definition) is 1. The van der Waals surface area contributed by atoms with E-state index in [9.17, 15) is 4.79 Å². The molecule has 0 aliphatic heterocycles. The van der Waals surface area contributed by atoms with Crippen molar-refractivity contribution < 1.29 is 4.79 Å². The Bertz CT molecular complexity index is 112. The molecule has 0 aromatic heterocycles. The van der Waals surface area contributed by atoms with Crippen molar-refractivity contribution in [3.05, 3.63) is 24.8 Å². The molecule has 0 N–H and O–H groups in total. The maximum absolute atomic E-state index is 10.5. The molecule has 0 heterocycles. The van der Waals surface area contributed by atoms with Gasteiger partial charge in [0, 0.05) is 6.42 Å². The number of rotatable bonds is 3. The molecule has 8 heavy (non-hydrogen) atoms. The zero-order chi connectivity index (χ0) is 6.41. The molecule has 44 valence electrons. The van der Waals surface area contributed by atoms with Gasteiger partial charge in [0.25, 0.3) is 0 Å². The molecule has 0 aromatic carbocycles. The highest BCUT2D eigenvalue weighted by atomic mass is 16.1. The minimum Gasteiger partial charge on any atom is -0.295 e. The summed E-state index contributed by atoms with van der Waals surface area (Å²) in [5, 5.41) is 0. The first kappa shape index (κ1) is 7.15. The highest BCUT2D eigenvalue weighted by Crippen LogP contribution is 1.84. The Morgan fingerprint density at radius 2 is 2.38 bits per heavy atom. The van der Waals surface area contributed by atoms with Gasteiger partial charge >= 0.3 is 0 Å². The van der Waals surface area contributed by atoms with Crippen LogP contribution in [-0.4, -0.2) is 5.78 Å². The summed E-state index contributed by atoms with van der Waals surface area (Å²) in [5.41, 5.74) is 0. The smallest absolute Gasteiger partial charge is 0.159 e. The lowest BCUT2D eigenvalue weighted by Crippen LogP contribution is -1.86. The van der Waals surface area contributed by atoms with Gasteiger partial charge in [0.2, 0.25) is 0 Å². The molecular weight excluding hydrogens is 100 g/mol. The Kier molecular flexibility index (Phi) is 3.85. The average Bonchev–Trinajstić information content (AvgIpc) is 1.68. The number of hydrogen-bond donors (Lipinski definition) is 0. The number of ketones is 1. The minimum absolute atomic E-state index is 0.113. The van der Waals surface area contributed by atoms with E-state index in [0.29, 0.717) is 6.42 Å². The molecule has 0 aliphatic carbocycles. The van der Waals surface area contributed by atoms with Gasteiger partial charge in [0.05, 0.1) is 0 Å². The second kappa shape index (κ2) is 4.31. The first-order valence-corrected chi connectivity index (χ1v) is 2.57. The first-order chi connectivity index (χ1) is 3.81. The topological polar surface area (TPSA) is 17.1 Å². The standard InChI is InChI=1S/C7H10O/c1-3-5-7(8)6-4-2/h3-4,6H,1,5H2,2H3/b6-4+. The molecule has 0 unspecified atom stereocenters. The third-order valence-corrected chi connectivity index (χ3v) is 0.698. The maximum atomic E-state index is 10.5. The molecule has 0 amide bonds. The summed E-state index contributed by atoms with van der Waals surface area (Å²) in [6.07, 6.45) is 5.32. The predicted octanol–water partition coefficient (Wildman–Crippen LogP) is 1.71. The fraction of sp³-hybridized carbons (Fsp3) is 0.286. The molecule has 0 radical (unpaired) electrons. The van der Waals surface area contributed by atoms with E-state index < -0.39 is 0 Å². The molecule has 1 heteroatoms. The van der Waals surface area contributed by atoms with Gasteiger partial charge in [-0.25, -0.2) is 0 Å². The van der Waals surface area contributed by atoms with Gasteiger partial charge < -0.3 is 0 Å². The highest BCUT2D eigenvalue weighted by Gasteiger charge is 1.86. The van der Waals surface area contributed by atoms with Crippen LogP contribution in [0.5, 0.6) is 0 Å². The molecule has 0 atom stereocenters. The molecule has 0 aromatic rings. The van der Waals surface area contributed by atoms with Crippen LogP contribution < -0.4 is 0 Å². The zero-order valence-corrected chi connectivity index (χ0v) is 5.05. The SMILES string of the molecule is C=CCC(=O)/C=C/C. The Morgan fingerprint density at radius 1 is 1.75 bits per heavy atom. The van der Waals surface area contributed by atoms with Crippen LogP contribution >= 0.6 is 0 Å². The Balaban J connectivity index is 3.48. The quantitative estimate of drug-likeness (QED) is 0.399. The molecular formula is C7H10O. The van der Waals surface area contributed by atoms with Crippen LogP contribution in [0.3, 0.4) is 0 Å². The largest absolute Gasteiger partial charge is 0.295 e. The van der Waals surface area contributed by atoms with Crippen LogP contribution in [0, 0.1) is 0 Å². The van der Waals surface area contributed by atoms with Gasteiger partial charge in [-0.1, -0.05) is 12.2 Å². The Morgan fingerprint density at radius 3 is 2.75 bits per heavy atom. The monoisotopic (exact) mass is 110 g/mol. The van der Waals surface area contributed by atoms with Crippen molar-refractivity contribution in [2.24, 2.45) is 0 Å². The number of carbonyl (C=O) groups is 1. The normalized spacial score (nSPS) is 9.62. The van der Waals surface area contributed by atoms with Crippen LogP contribution in [0.25, 0.3) is 0 Å². The number of allylic oxidation sites excluding steroid dienone is 3.